The molecule has 0 spiro atoms. The van der Waals surface area contributed by atoms with Gasteiger partial charge in [-0.3, -0.25) is 9.59 Å². The van der Waals surface area contributed by atoms with Crippen LogP contribution in [0.1, 0.15) is 36.6 Å². The van der Waals surface area contributed by atoms with Gasteiger partial charge in [0.15, 0.2) is 0 Å². The van der Waals surface area contributed by atoms with Gasteiger partial charge in [-0.05, 0) is 61.9 Å². The molecule has 1 unspecified atom stereocenters. The first-order valence-corrected chi connectivity index (χ1v) is 12.0. The van der Waals surface area contributed by atoms with E-state index in [4.69, 9.17) is 0 Å². The van der Waals surface area contributed by atoms with Crippen LogP contribution in [0, 0.1) is 12.7 Å². The number of hydrogen-bond acceptors (Lipinski definition) is 5. The first-order chi connectivity index (χ1) is 18.7. The lowest BCUT2D eigenvalue weighted by Gasteiger charge is -2.18. The monoisotopic (exact) mass is 569 g/mol. The Labute approximate surface area is 221 Å². The molecular formula is C26H22F7N5O2. The Kier molecular flexibility index (Phi) is 7.72. The number of pyridine rings is 2. The van der Waals surface area contributed by atoms with Gasteiger partial charge in [0.1, 0.15) is 17.1 Å². The van der Waals surface area contributed by atoms with E-state index in [0.717, 1.165) is 12.3 Å². The highest BCUT2D eigenvalue weighted by Crippen LogP contribution is 2.34. The van der Waals surface area contributed by atoms with E-state index in [1.165, 1.54) is 42.0 Å². The Bertz CT molecular complexity index is 1680. The average Bonchev–Trinajstić information content (AvgIpc) is 2.84. The molecule has 1 atom stereocenters. The van der Waals surface area contributed by atoms with Crippen molar-refractivity contribution in [1.82, 2.24) is 19.7 Å². The zero-order valence-corrected chi connectivity index (χ0v) is 21.0. The SMILES string of the molecule is Cc1ccc(-c2cc3ccn(CCCC(C)Nc4cn[nH]c(=O)c4C(F)(F)F)c(=O)c3cc2F)nc1C(F)(F)F. The molecule has 0 aliphatic carbocycles. The van der Waals surface area contributed by atoms with Crippen LogP contribution >= 0.6 is 0 Å². The normalized spacial score (nSPS) is 13.0. The lowest BCUT2D eigenvalue weighted by molar-refractivity contribution is -0.141. The minimum Gasteiger partial charge on any atom is -0.381 e. The molecule has 7 nitrogen and oxygen atoms in total. The Hall–Kier alpha value is -4.23. The second-order valence-electron chi connectivity index (χ2n) is 9.27. The number of aromatic amines is 1. The van der Waals surface area contributed by atoms with Crippen molar-refractivity contribution in [1.29, 1.82) is 0 Å². The third kappa shape index (κ3) is 6.00. The van der Waals surface area contributed by atoms with Gasteiger partial charge >= 0.3 is 12.4 Å². The Balaban J connectivity index is 1.51. The Morgan fingerprint density at radius 3 is 2.45 bits per heavy atom. The summed E-state index contributed by atoms with van der Waals surface area (Å²) in [7, 11) is 0. The highest BCUT2D eigenvalue weighted by Gasteiger charge is 2.37. The smallest absolute Gasteiger partial charge is 0.381 e. The summed E-state index contributed by atoms with van der Waals surface area (Å²) < 4.78 is 95.8. The van der Waals surface area contributed by atoms with Crippen molar-refractivity contribution >= 4 is 16.5 Å². The van der Waals surface area contributed by atoms with E-state index in [0.29, 0.717) is 18.2 Å². The highest BCUT2D eigenvalue weighted by atomic mass is 19.4. The standard InChI is InChI=1S/C26H22F7N5O2/c1-13-5-6-19(36-22(13)26(31,32)33)17-10-15-7-9-38(24(40)16(15)11-18(17)27)8-3-4-14(2)35-20-12-34-37-23(39)21(20)25(28,29)30/h5-7,9-12,14H,3-4,8H2,1-2H3,(H2,35,37,39). The molecule has 0 saturated heterocycles. The molecule has 0 amide bonds. The molecule has 3 heterocycles. The minimum absolute atomic E-state index is 0.00230. The van der Waals surface area contributed by atoms with Crippen molar-refractivity contribution in [2.45, 2.75) is 51.6 Å². The molecule has 1 aromatic carbocycles. The minimum atomic E-state index is -4.89. The van der Waals surface area contributed by atoms with Crippen LogP contribution in [-0.4, -0.2) is 25.8 Å². The lowest BCUT2D eigenvalue weighted by atomic mass is 10.0. The maximum absolute atomic E-state index is 15.0. The maximum atomic E-state index is 15.0. The van der Waals surface area contributed by atoms with Crippen LogP contribution in [0.2, 0.25) is 0 Å². The van der Waals surface area contributed by atoms with E-state index in [1.807, 2.05) is 0 Å². The van der Waals surface area contributed by atoms with Crippen LogP contribution < -0.4 is 16.4 Å². The third-order valence-electron chi connectivity index (χ3n) is 6.28. The summed E-state index contributed by atoms with van der Waals surface area (Å²) in [4.78, 5) is 28.2. The van der Waals surface area contributed by atoms with Gasteiger partial charge in [0.2, 0.25) is 0 Å². The van der Waals surface area contributed by atoms with Gasteiger partial charge in [-0.1, -0.05) is 6.07 Å². The largest absolute Gasteiger partial charge is 0.433 e. The van der Waals surface area contributed by atoms with Gasteiger partial charge in [-0.15, -0.1) is 0 Å². The van der Waals surface area contributed by atoms with Gasteiger partial charge in [-0.2, -0.15) is 31.4 Å². The van der Waals surface area contributed by atoms with Crippen LogP contribution in [0.4, 0.5) is 36.4 Å². The summed E-state index contributed by atoms with van der Waals surface area (Å²) in [6.45, 7) is 3.00. The number of nitrogens with zero attached hydrogens (tertiary/aromatic N) is 3. The molecule has 14 heteroatoms. The van der Waals surface area contributed by atoms with Crippen molar-refractivity contribution in [3.8, 4) is 11.3 Å². The van der Waals surface area contributed by atoms with Crippen molar-refractivity contribution in [2.24, 2.45) is 0 Å². The van der Waals surface area contributed by atoms with Gasteiger partial charge < -0.3 is 9.88 Å². The number of halogens is 7. The number of H-pyrrole nitrogens is 1. The maximum Gasteiger partial charge on any atom is 0.433 e. The van der Waals surface area contributed by atoms with Crippen molar-refractivity contribution in [3.63, 3.8) is 0 Å². The zero-order chi connectivity index (χ0) is 29.4. The molecule has 0 fully saturated rings. The van der Waals surface area contributed by atoms with Crippen LogP contribution in [0.15, 0.2) is 52.3 Å². The molecule has 40 heavy (non-hydrogen) atoms. The van der Waals surface area contributed by atoms with Gasteiger partial charge in [0, 0.05) is 24.3 Å². The Morgan fingerprint density at radius 1 is 1.05 bits per heavy atom. The van der Waals surface area contributed by atoms with Crippen LogP contribution in [0.25, 0.3) is 22.0 Å². The fraction of sp³-hybridized carbons (Fsp3) is 0.308. The molecule has 0 aliphatic heterocycles. The van der Waals surface area contributed by atoms with Gasteiger partial charge in [-0.25, -0.2) is 14.5 Å². The van der Waals surface area contributed by atoms with E-state index in [-0.39, 0.29) is 28.8 Å². The quantitative estimate of drug-likeness (QED) is 0.270. The second-order valence-corrected chi connectivity index (χ2v) is 9.27. The number of anilines is 1. The number of alkyl halides is 6. The number of aromatic nitrogens is 4. The molecule has 212 valence electrons. The van der Waals surface area contributed by atoms with Crippen LogP contribution in [0.3, 0.4) is 0 Å². The van der Waals surface area contributed by atoms with Gasteiger partial charge in [0.25, 0.3) is 11.1 Å². The average molecular weight is 569 g/mol. The fourth-order valence-electron chi connectivity index (χ4n) is 4.34. The third-order valence-corrected chi connectivity index (χ3v) is 6.28. The van der Waals surface area contributed by atoms with E-state index < -0.39 is 52.3 Å². The molecule has 0 saturated carbocycles. The van der Waals surface area contributed by atoms with Crippen molar-refractivity contribution in [2.75, 3.05) is 5.32 Å². The predicted octanol–water partition coefficient (Wildman–Crippen LogP) is 5.91. The van der Waals surface area contributed by atoms with E-state index >= 15 is 0 Å². The number of aryl methyl sites for hydroxylation is 2. The number of fused-ring (bicyclic) bond motifs is 1. The molecular weight excluding hydrogens is 547 g/mol. The van der Waals surface area contributed by atoms with Gasteiger partial charge in [0.05, 0.1) is 23.0 Å². The second kappa shape index (κ2) is 10.7. The summed E-state index contributed by atoms with van der Waals surface area (Å²) in [5.74, 6) is -0.920. The topological polar surface area (TPSA) is 92.7 Å². The van der Waals surface area contributed by atoms with Crippen molar-refractivity contribution < 1.29 is 30.7 Å². The molecule has 0 aliphatic rings. The summed E-state index contributed by atoms with van der Waals surface area (Å²) in [6.07, 6.45) is -6.65. The number of hydrogen-bond donors (Lipinski definition) is 2. The molecule has 0 bridgehead atoms. The molecule has 2 N–H and O–H groups in total. The Morgan fingerprint density at radius 2 is 1.77 bits per heavy atom. The molecule has 4 rings (SSSR count). The summed E-state index contributed by atoms with van der Waals surface area (Å²) in [5, 5.41) is 8.07. The van der Waals surface area contributed by atoms with E-state index in [2.05, 4.69) is 15.4 Å². The summed E-state index contributed by atoms with van der Waals surface area (Å²) in [6, 6.07) is 5.65. The lowest BCUT2D eigenvalue weighted by Crippen LogP contribution is -2.27. The fourth-order valence-corrected chi connectivity index (χ4v) is 4.34. The van der Waals surface area contributed by atoms with Crippen LogP contribution in [-0.2, 0) is 18.9 Å². The highest BCUT2D eigenvalue weighted by molar-refractivity contribution is 5.86. The molecule has 3 aromatic heterocycles. The number of benzene rings is 1. The zero-order valence-electron chi connectivity index (χ0n) is 21.0. The number of nitrogens with one attached hydrogen (secondary N) is 2. The summed E-state index contributed by atoms with van der Waals surface area (Å²) in [5.41, 5.74) is -5.44. The predicted molar refractivity (Wildman–Crippen MR) is 133 cm³/mol. The first kappa shape index (κ1) is 28.8. The molecule has 4 aromatic rings. The number of rotatable bonds is 7. The van der Waals surface area contributed by atoms with E-state index in [1.54, 1.807) is 12.0 Å². The first-order valence-electron chi connectivity index (χ1n) is 12.0. The van der Waals surface area contributed by atoms with E-state index in [9.17, 15) is 40.3 Å². The molecule has 0 radical (unpaired) electrons. The van der Waals surface area contributed by atoms with Crippen LogP contribution in [0.5, 0.6) is 0 Å². The van der Waals surface area contributed by atoms with Crippen molar-refractivity contribution in [3.05, 3.63) is 86.1 Å². The summed E-state index contributed by atoms with van der Waals surface area (Å²) >= 11 is 0.